The Labute approximate surface area is 129 Å². The highest BCUT2D eigenvalue weighted by Crippen LogP contribution is 2.30. The number of benzene rings is 2. The summed E-state index contributed by atoms with van der Waals surface area (Å²) in [6.45, 7) is 2.79. The molecule has 0 saturated heterocycles. The van der Waals surface area contributed by atoms with Crippen molar-refractivity contribution in [3.63, 3.8) is 0 Å². The fraction of sp³-hybridized carbons (Fsp3) is 0.250. The van der Waals surface area contributed by atoms with E-state index >= 15 is 0 Å². The van der Waals surface area contributed by atoms with Crippen molar-refractivity contribution in [3.05, 3.63) is 53.1 Å². The van der Waals surface area contributed by atoms with Crippen LogP contribution in [-0.2, 0) is 6.54 Å². The second-order valence-electron chi connectivity index (χ2n) is 4.20. The normalized spacial score (nSPS) is 10.3. The second-order valence-corrected chi connectivity index (χ2v) is 5.92. The van der Waals surface area contributed by atoms with Crippen LogP contribution in [-0.4, -0.2) is 12.9 Å². The quantitative estimate of drug-likeness (QED) is 0.753. The Balaban J connectivity index is 2.17. The average molecular weight is 308 g/mol. The molecule has 0 saturated carbocycles. The lowest BCUT2D eigenvalue weighted by molar-refractivity contribution is 0.410. The van der Waals surface area contributed by atoms with E-state index in [0.717, 1.165) is 27.8 Å². The summed E-state index contributed by atoms with van der Waals surface area (Å²) in [5, 5.41) is 4.16. The molecule has 0 fully saturated rings. The Morgan fingerprint density at radius 1 is 1.15 bits per heavy atom. The molecule has 0 radical (unpaired) electrons. The first-order valence-electron chi connectivity index (χ1n) is 6.53. The van der Waals surface area contributed by atoms with Gasteiger partial charge in [0.25, 0.3) is 0 Å². The number of nitrogens with one attached hydrogen (secondary N) is 1. The van der Waals surface area contributed by atoms with Gasteiger partial charge >= 0.3 is 0 Å². The number of methoxy groups -OCH3 is 1. The lowest BCUT2D eigenvalue weighted by atomic mass is 10.2. The highest BCUT2D eigenvalue weighted by atomic mass is 35.5. The van der Waals surface area contributed by atoms with E-state index in [9.17, 15) is 0 Å². The van der Waals surface area contributed by atoms with Crippen LogP contribution in [0.1, 0.15) is 12.5 Å². The first-order chi connectivity index (χ1) is 9.76. The Morgan fingerprint density at radius 2 is 1.95 bits per heavy atom. The summed E-state index contributed by atoms with van der Waals surface area (Å²) >= 11 is 8.07. The van der Waals surface area contributed by atoms with Crippen molar-refractivity contribution >= 4 is 29.1 Å². The molecule has 0 atom stereocenters. The summed E-state index contributed by atoms with van der Waals surface area (Å²) in [7, 11) is 1.66. The van der Waals surface area contributed by atoms with E-state index in [2.05, 4.69) is 30.4 Å². The van der Waals surface area contributed by atoms with Crippen molar-refractivity contribution in [2.75, 3.05) is 18.2 Å². The van der Waals surface area contributed by atoms with Gasteiger partial charge in [-0.2, -0.15) is 0 Å². The first kappa shape index (κ1) is 15.1. The highest BCUT2D eigenvalue weighted by molar-refractivity contribution is 7.99. The topological polar surface area (TPSA) is 21.3 Å². The van der Waals surface area contributed by atoms with Gasteiger partial charge in [0.15, 0.2) is 0 Å². The molecule has 2 nitrogen and oxygen atoms in total. The zero-order chi connectivity index (χ0) is 14.4. The predicted octanol–water partition coefficient (Wildman–Crippen LogP) is 5.07. The molecule has 0 aliphatic heterocycles. The van der Waals surface area contributed by atoms with Crippen LogP contribution in [0, 0.1) is 0 Å². The monoisotopic (exact) mass is 307 g/mol. The molecule has 0 heterocycles. The number of hydrogen-bond acceptors (Lipinski definition) is 3. The van der Waals surface area contributed by atoms with E-state index in [1.807, 2.05) is 36.0 Å². The molecule has 0 unspecified atom stereocenters. The van der Waals surface area contributed by atoms with Gasteiger partial charge in [-0.15, -0.1) is 11.8 Å². The molecule has 1 N–H and O–H groups in total. The molecule has 4 heteroatoms. The lowest BCUT2D eigenvalue weighted by Gasteiger charge is -2.14. The number of anilines is 1. The van der Waals surface area contributed by atoms with Crippen molar-refractivity contribution in [2.24, 2.45) is 0 Å². The van der Waals surface area contributed by atoms with Crippen LogP contribution in [0.5, 0.6) is 5.75 Å². The Kier molecular flexibility index (Phi) is 5.62. The molecular formula is C16H18ClNOS. The number of ether oxygens (including phenoxy) is 1. The molecule has 0 bridgehead atoms. The summed E-state index contributed by atoms with van der Waals surface area (Å²) < 4.78 is 5.36. The third-order valence-corrected chi connectivity index (χ3v) is 4.25. The minimum atomic E-state index is 0.643. The molecule has 0 amide bonds. The Morgan fingerprint density at radius 3 is 2.70 bits per heavy atom. The molecule has 0 aliphatic carbocycles. The number of thioether (sulfide) groups is 1. The van der Waals surface area contributed by atoms with Crippen molar-refractivity contribution in [1.82, 2.24) is 0 Å². The summed E-state index contributed by atoms with van der Waals surface area (Å²) in [6, 6.07) is 14.0. The first-order valence-corrected chi connectivity index (χ1v) is 7.89. The minimum Gasteiger partial charge on any atom is -0.496 e. The molecule has 0 aliphatic rings. The van der Waals surface area contributed by atoms with Gasteiger partial charge in [0.2, 0.25) is 0 Å². The van der Waals surface area contributed by atoms with Gasteiger partial charge in [-0.05, 0) is 30.0 Å². The molecule has 0 spiro atoms. The van der Waals surface area contributed by atoms with E-state index in [-0.39, 0.29) is 0 Å². The lowest BCUT2D eigenvalue weighted by Crippen LogP contribution is -2.03. The molecule has 106 valence electrons. The summed E-state index contributed by atoms with van der Waals surface area (Å²) in [5.41, 5.74) is 2.11. The van der Waals surface area contributed by atoms with Crippen LogP contribution in [0.15, 0.2) is 47.4 Å². The number of para-hydroxylation sites is 1. The van der Waals surface area contributed by atoms with Gasteiger partial charge in [-0.3, -0.25) is 0 Å². The second kappa shape index (κ2) is 7.46. The van der Waals surface area contributed by atoms with Gasteiger partial charge in [-0.25, -0.2) is 0 Å². The standard InChI is InChI=1S/C16H18ClNOS/c1-3-20-16-10-5-4-8-14(16)18-11-12-13(17)7-6-9-15(12)19-2/h4-10,18H,3,11H2,1-2H3. The largest absolute Gasteiger partial charge is 0.496 e. The Hall–Kier alpha value is -1.32. The van der Waals surface area contributed by atoms with Gasteiger partial charge in [0.05, 0.1) is 7.11 Å². The zero-order valence-electron chi connectivity index (χ0n) is 11.7. The fourth-order valence-corrected chi connectivity index (χ4v) is 2.99. The van der Waals surface area contributed by atoms with Crippen LogP contribution in [0.2, 0.25) is 5.02 Å². The van der Waals surface area contributed by atoms with E-state index in [4.69, 9.17) is 16.3 Å². The van der Waals surface area contributed by atoms with Crippen molar-refractivity contribution in [2.45, 2.75) is 18.4 Å². The minimum absolute atomic E-state index is 0.643. The average Bonchev–Trinajstić information content (AvgIpc) is 2.47. The van der Waals surface area contributed by atoms with Gasteiger partial charge in [0, 0.05) is 27.7 Å². The van der Waals surface area contributed by atoms with E-state index in [1.54, 1.807) is 7.11 Å². The van der Waals surface area contributed by atoms with Crippen LogP contribution >= 0.6 is 23.4 Å². The van der Waals surface area contributed by atoms with Crippen LogP contribution in [0.3, 0.4) is 0 Å². The van der Waals surface area contributed by atoms with Crippen LogP contribution in [0.4, 0.5) is 5.69 Å². The summed E-state index contributed by atoms with van der Waals surface area (Å²) in [5.74, 6) is 1.86. The van der Waals surface area contributed by atoms with Crippen molar-refractivity contribution < 1.29 is 4.74 Å². The third kappa shape index (κ3) is 3.62. The third-order valence-electron chi connectivity index (χ3n) is 2.94. The molecule has 20 heavy (non-hydrogen) atoms. The molecular weight excluding hydrogens is 290 g/mol. The maximum absolute atomic E-state index is 6.25. The maximum atomic E-state index is 6.25. The van der Waals surface area contributed by atoms with Gasteiger partial charge < -0.3 is 10.1 Å². The zero-order valence-corrected chi connectivity index (χ0v) is 13.2. The number of hydrogen-bond donors (Lipinski definition) is 1. The smallest absolute Gasteiger partial charge is 0.125 e. The van der Waals surface area contributed by atoms with Crippen molar-refractivity contribution in [1.29, 1.82) is 0 Å². The van der Waals surface area contributed by atoms with Crippen LogP contribution in [0.25, 0.3) is 0 Å². The fourth-order valence-electron chi connectivity index (χ4n) is 1.98. The highest BCUT2D eigenvalue weighted by Gasteiger charge is 2.08. The van der Waals surface area contributed by atoms with Gasteiger partial charge in [-0.1, -0.05) is 36.7 Å². The van der Waals surface area contributed by atoms with Crippen molar-refractivity contribution in [3.8, 4) is 5.75 Å². The predicted molar refractivity (Wildman–Crippen MR) is 88.2 cm³/mol. The summed E-state index contributed by atoms with van der Waals surface area (Å²) in [4.78, 5) is 1.25. The molecule has 2 rings (SSSR count). The summed E-state index contributed by atoms with van der Waals surface area (Å²) in [6.07, 6.45) is 0. The number of halogens is 1. The Bertz CT molecular complexity index is 574. The van der Waals surface area contributed by atoms with Crippen LogP contribution < -0.4 is 10.1 Å². The maximum Gasteiger partial charge on any atom is 0.125 e. The van der Waals surface area contributed by atoms with E-state index in [1.165, 1.54) is 4.90 Å². The van der Waals surface area contributed by atoms with Gasteiger partial charge in [0.1, 0.15) is 5.75 Å². The molecule has 2 aromatic rings. The molecule has 0 aromatic heterocycles. The van der Waals surface area contributed by atoms with E-state index < -0.39 is 0 Å². The van der Waals surface area contributed by atoms with E-state index in [0.29, 0.717) is 6.54 Å². The number of rotatable bonds is 6. The SMILES string of the molecule is CCSc1ccccc1NCc1c(Cl)cccc1OC. The molecule has 2 aromatic carbocycles.